The fourth-order valence-electron chi connectivity index (χ4n) is 5.32. The molecule has 3 atom stereocenters. The van der Waals surface area contributed by atoms with Crippen LogP contribution in [0.2, 0.25) is 0 Å². The van der Waals surface area contributed by atoms with Crippen LogP contribution >= 0.6 is 0 Å². The number of nitrogens with zero attached hydrogens (tertiary/aromatic N) is 1. The molecule has 28 heavy (non-hydrogen) atoms. The lowest BCUT2D eigenvalue weighted by Crippen LogP contribution is -2.73. The molecular weight excluding hydrogens is 353 g/mol. The van der Waals surface area contributed by atoms with Gasteiger partial charge in [0.15, 0.2) is 0 Å². The molecule has 4 aliphatic heterocycles. The van der Waals surface area contributed by atoms with Crippen molar-refractivity contribution in [3.63, 3.8) is 0 Å². The minimum Gasteiger partial charge on any atom is -0.459 e. The molecule has 1 aromatic carbocycles. The molecule has 0 N–H and O–H groups in total. The van der Waals surface area contributed by atoms with Crippen molar-refractivity contribution in [1.29, 1.82) is 0 Å². The summed E-state index contributed by atoms with van der Waals surface area (Å²) in [6.07, 6.45) is 1.67. The maximum atomic E-state index is 12.9. The molecule has 0 radical (unpaired) electrons. The van der Waals surface area contributed by atoms with E-state index in [4.69, 9.17) is 14.0 Å². The van der Waals surface area contributed by atoms with Gasteiger partial charge < -0.3 is 14.0 Å². The van der Waals surface area contributed by atoms with Crippen molar-refractivity contribution in [1.82, 2.24) is 4.90 Å². The molecular formula is C22H30BNO4. The van der Waals surface area contributed by atoms with E-state index in [0.29, 0.717) is 6.04 Å². The lowest BCUT2D eigenvalue weighted by Gasteiger charge is -2.64. The summed E-state index contributed by atoms with van der Waals surface area (Å²) in [5, 5.41) is 0. The molecule has 5 rings (SSSR count). The summed E-state index contributed by atoms with van der Waals surface area (Å²) in [5.74, 6) is -0.0718. The van der Waals surface area contributed by atoms with Crippen LogP contribution < -0.4 is 5.46 Å². The van der Waals surface area contributed by atoms with Gasteiger partial charge in [-0.15, -0.1) is 0 Å². The Balaban J connectivity index is 1.45. The highest BCUT2D eigenvalue weighted by molar-refractivity contribution is 6.62. The van der Waals surface area contributed by atoms with Crippen LogP contribution in [0.1, 0.15) is 84.5 Å². The third kappa shape index (κ3) is 2.23. The number of carbonyl (C=O) groups is 1. The monoisotopic (exact) mass is 383 g/mol. The van der Waals surface area contributed by atoms with Crippen molar-refractivity contribution in [3.8, 4) is 0 Å². The number of ether oxygens (including phenoxy) is 1. The topological polar surface area (TPSA) is 48.0 Å². The molecule has 6 heteroatoms. The zero-order chi connectivity index (χ0) is 20.3. The fourth-order valence-corrected chi connectivity index (χ4v) is 5.32. The predicted molar refractivity (Wildman–Crippen MR) is 107 cm³/mol. The predicted octanol–water partition coefficient (Wildman–Crippen LogP) is 3.27. The van der Waals surface area contributed by atoms with E-state index < -0.39 is 11.1 Å². The van der Waals surface area contributed by atoms with Gasteiger partial charge in [-0.2, -0.15) is 0 Å². The van der Waals surface area contributed by atoms with E-state index in [1.165, 1.54) is 11.1 Å². The van der Waals surface area contributed by atoms with Crippen LogP contribution in [0.5, 0.6) is 0 Å². The van der Waals surface area contributed by atoms with E-state index in [-0.39, 0.29) is 30.3 Å². The van der Waals surface area contributed by atoms with Gasteiger partial charge in [-0.25, -0.2) is 0 Å². The maximum Gasteiger partial charge on any atom is 0.495 e. The first kappa shape index (κ1) is 18.7. The summed E-state index contributed by atoms with van der Waals surface area (Å²) in [6, 6.07) is 6.99. The zero-order valence-corrected chi connectivity index (χ0v) is 18.0. The number of fused-ring (bicyclic) bond motifs is 3. The Morgan fingerprint density at radius 3 is 2.32 bits per heavy atom. The normalized spacial score (nSPS) is 34.3. The first-order valence-electron chi connectivity index (χ1n) is 10.4. The molecule has 0 aliphatic carbocycles. The summed E-state index contributed by atoms with van der Waals surface area (Å²) < 4.78 is 18.4. The van der Waals surface area contributed by atoms with Gasteiger partial charge in [0.1, 0.15) is 11.1 Å². The van der Waals surface area contributed by atoms with Crippen LogP contribution in [0.4, 0.5) is 0 Å². The molecule has 0 saturated carbocycles. The van der Waals surface area contributed by atoms with Gasteiger partial charge in [0.2, 0.25) is 0 Å². The van der Waals surface area contributed by atoms with Crippen LogP contribution in [-0.4, -0.2) is 40.3 Å². The quantitative estimate of drug-likeness (QED) is 0.580. The second kappa shape index (κ2) is 5.21. The summed E-state index contributed by atoms with van der Waals surface area (Å²) in [7, 11) is -0.366. The van der Waals surface area contributed by atoms with Crippen LogP contribution in [0.3, 0.4) is 0 Å². The van der Waals surface area contributed by atoms with Crippen molar-refractivity contribution in [2.45, 2.75) is 95.7 Å². The first-order valence-corrected chi connectivity index (χ1v) is 10.4. The van der Waals surface area contributed by atoms with E-state index >= 15 is 0 Å². The van der Waals surface area contributed by atoms with Crippen molar-refractivity contribution in [2.24, 2.45) is 0 Å². The highest BCUT2D eigenvalue weighted by Gasteiger charge is 2.73. The number of esters is 1. The van der Waals surface area contributed by atoms with E-state index in [0.717, 1.165) is 18.3 Å². The second-order valence-corrected chi connectivity index (χ2v) is 10.8. The molecule has 0 aromatic heterocycles. The SMILES string of the molecule is CC(C)(C)OC(=O)C12CC3c4cccc(B5OC(C)(C)C(C)(C)O5)c4C(C1)N32. The Hall–Kier alpha value is -1.37. The molecule has 3 fully saturated rings. The van der Waals surface area contributed by atoms with Gasteiger partial charge in [-0.1, -0.05) is 18.2 Å². The first-order chi connectivity index (χ1) is 12.9. The highest BCUT2D eigenvalue weighted by atomic mass is 16.7. The summed E-state index contributed by atoms with van der Waals surface area (Å²) >= 11 is 0. The standard InChI is InChI=1S/C22H30BNO4/c1-19(2,3)26-18(25)22-11-15-13-9-8-10-14(17(13)16(12-22)24(15)22)23-27-20(4,5)21(6,7)28-23/h8-10,15-16H,11-12H2,1-7H3. The number of hydrogen-bond acceptors (Lipinski definition) is 5. The fraction of sp³-hybridized carbons (Fsp3) is 0.682. The maximum absolute atomic E-state index is 12.9. The Labute approximate surface area is 167 Å². The van der Waals surface area contributed by atoms with Crippen molar-refractivity contribution in [2.75, 3.05) is 0 Å². The molecule has 3 saturated heterocycles. The molecule has 0 bridgehead atoms. The Morgan fingerprint density at radius 1 is 1.11 bits per heavy atom. The van der Waals surface area contributed by atoms with E-state index in [1.807, 2.05) is 20.8 Å². The van der Waals surface area contributed by atoms with E-state index in [1.54, 1.807) is 0 Å². The summed E-state index contributed by atoms with van der Waals surface area (Å²) in [5.41, 5.74) is 2.14. The molecule has 4 aliphatic rings. The lowest BCUT2D eigenvalue weighted by atomic mass is 9.66. The number of piperidine rings is 1. The molecule has 0 spiro atoms. The van der Waals surface area contributed by atoms with Crippen LogP contribution in [0.25, 0.3) is 0 Å². The van der Waals surface area contributed by atoms with Crippen molar-refractivity contribution < 1.29 is 18.8 Å². The van der Waals surface area contributed by atoms with E-state index in [2.05, 4.69) is 50.8 Å². The summed E-state index contributed by atoms with van der Waals surface area (Å²) in [6.45, 7) is 14.1. The van der Waals surface area contributed by atoms with Gasteiger partial charge >= 0.3 is 13.1 Å². The zero-order valence-electron chi connectivity index (χ0n) is 18.0. The molecule has 0 amide bonds. The third-order valence-electron chi connectivity index (χ3n) is 7.38. The van der Waals surface area contributed by atoms with Crippen molar-refractivity contribution in [3.05, 3.63) is 29.3 Å². The molecule has 1 aromatic rings. The number of hydrogen-bond donors (Lipinski definition) is 0. The number of carbonyl (C=O) groups excluding carboxylic acids is 1. The molecule has 4 heterocycles. The van der Waals surface area contributed by atoms with E-state index in [9.17, 15) is 4.79 Å². The third-order valence-corrected chi connectivity index (χ3v) is 7.38. The van der Waals surface area contributed by atoms with Crippen molar-refractivity contribution >= 4 is 18.6 Å². The van der Waals surface area contributed by atoms with Gasteiger partial charge in [-0.05, 0) is 77.9 Å². The Kier molecular flexibility index (Phi) is 3.47. The minimum atomic E-state index is -0.456. The molecule has 5 nitrogen and oxygen atoms in total. The smallest absolute Gasteiger partial charge is 0.459 e. The lowest BCUT2D eigenvalue weighted by molar-refractivity contribution is -0.225. The van der Waals surface area contributed by atoms with Gasteiger partial charge in [0.25, 0.3) is 0 Å². The Morgan fingerprint density at radius 2 is 1.71 bits per heavy atom. The molecule has 150 valence electrons. The van der Waals surface area contributed by atoms with Gasteiger partial charge in [-0.3, -0.25) is 9.69 Å². The van der Waals surface area contributed by atoms with Crippen LogP contribution in [-0.2, 0) is 18.8 Å². The molecule has 3 unspecified atom stereocenters. The summed E-state index contributed by atoms with van der Waals surface area (Å²) in [4.78, 5) is 15.3. The largest absolute Gasteiger partial charge is 0.495 e. The Bertz CT molecular complexity index is 858. The number of rotatable bonds is 2. The average molecular weight is 383 g/mol. The van der Waals surface area contributed by atoms with Gasteiger partial charge in [0, 0.05) is 12.1 Å². The van der Waals surface area contributed by atoms with Crippen LogP contribution in [0.15, 0.2) is 18.2 Å². The van der Waals surface area contributed by atoms with Crippen LogP contribution in [0, 0.1) is 0 Å². The second-order valence-electron chi connectivity index (χ2n) is 10.8. The minimum absolute atomic E-state index is 0.0718. The number of benzene rings is 1. The van der Waals surface area contributed by atoms with Gasteiger partial charge in [0.05, 0.1) is 11.2 Å². The average Bonchev–Trinajstić information content (AvgIpc) is 2.78. The highest BCUT2D eigenvalue weighted by Crippen LogP contribution is 2.69.